The lowest BCUT2D eigenvalue weighted by Gasteiger charge is -2.09. The number of nitrogens with one attached hydrogen (secondary N) is 1. The van der Waals surface area contributed by atoms with Gasteiger partial charge in [-0.05, 0) is 29.8 Å². The van der Waals surface area contributed by atoms with Crippen molar-refractivity contribution in [1.82, 2.24) is 14.5 Å². The van der Waals surface area contributed by atoms with Crippen molar-refractivity contribution in [1.29, 1.82) is 0 Å². The van der Waals surface area contributed by atoms with E-state index in [0.717, 1.165) is 35.5 Å². The van der Waals surface area contributed by atoms with E-state index in [2.05, 4.69) is 55.6 Å². The van der Waals surface area contributed by atoms with Gasteiger partial charge < -0.3 is 9.88 Å². The molecule has 0 unspecified atom stereocenters. The molecule has 114 valence electrons. The van der Waals surface area contributed by atoms with Gasteiger partial charge in [0.1, 0.15) is 0 Å². The average molecular weight is 320 g/mol. The van der Waals surface area contributed by atoms with Crippen molar-refractivity contribution in [3.63, 3.8) is 0 Å². The number of hydrogen-bond acceptors (Lipinski definition) is 4. The SMILES string of the molecule is c1cc(Cn2cnc3ccccc32)cc(NCc2cscn2)c1. The lowest BCUT2D eigenvalue weighted by atomic mass is 10.2. The summed E-state index contributed by atoms with van der Waals surface area (Å²) in [7, 11) is 0. The Balaban J connectivity index is 1.52. The second-order valence-corrected chi connectivity index (χ2v) is 6.11. The van der Waals surface area contributed by atoms with Gasteiger partial charge in [-0.1, -0.05) is 24.3 Å². The summed E-state index contributed by atoms with van der Waals surface area (Å²) in [6.07, 6.45) is 1.90. The van der Waals surface area contributed by atoms with Crippen LogP contribution in [0.25, 0.3) is 11.0 Å². The van der Waals surface area contributed by atoms with Crippen molar-refractivity contribution in [3.8, 4) is 0 Å². The van der Waals surface area contributed by atoms with Crippen LogP contribution in [0.1, 0.15) is 11.3 Å². The van der Waals surface area contributed by atoms with Gasteiger partial charge in [-0.2, -0.15) is 0 Å². The zero-order valence-electron chi connectivity index (χ0n) is 12.5. The van der Waals surface area contributed by atoms with E-state index in [0.29, 0.717) is 0 Å². The number of hydrogen-bond donors (Lipinski definition) is 1. The molecule has 2 heterocycles. The van der Waals surface area contributed by atoms with Crippen LogP contribution in [-0.4, -0.2) is 14.5 Å². The Morgan fingerprint density at radius 1 is 1.04 bits per heavy atom. The van der Waals surface area contributed by atoms with E-state index in [1.165, 1.54) is 5.56 Å². The minimum Gasteiger partial charge on any atom is -0.379 e. The van der Waals surface area contributed by atoms with Gasteiger partial charge in [0.25, 0.3) is 0 Å². The van der Waals surface area contributed by atoms with Gasteiger partial charge in [0.05, 0.1) is 35.1 Å². The minimum atomic E-state index is 0.751. The molecule has 0 amide bonds. The van der Waals surface area contributed by atoms with Gasteiger partial charge in [-0.25, -0.2) is 9.97 Å². The molecule has 23 heavy (non-hydrogen) atoms. The average Bonchev–Trinajstić information content (AvgIpc) is 3.24. The fraction of sp³-hybridized carbons (Fsp3) is 0.111. The Bertz CT molecular complexity index is 912. The third kappa shape index (κ3) is 3.10. The van der Waals surface area contributed by atoms with Crippen LogP contribution in [0, 0.1) is 0 Å². The van der Waals surface area contributed by atoms with Gasteiger partial charge >= 0.3 is 0 Å². The van der Waals surface area contributed by atoms with Crippen molar-refractivity contribution >= 4 is 28.1 Å². The fourth-order valence-electron chi connectivity index (χ4n) is 2.63. The fourth-order valence-corrected chi connectivity index (χ4v) is 3.19. The van der Waals surface area contributed by atoms with Crippen LogP contribution in [-0.2, 0) is 13.1 Å². The maximum absolute atomic E-state index is 4.45. The summed E-state index contributed by atoms with van der Waals surface area (Å²) in [5.41, 5.74) is 7.48. The molecule has 4 nitrogen and oxygen atoms in total. The number of aromatic nitrogens is 3. The molecular formula is C18H16N4S. The molecule has 0 aliphatic carbocycles. The predicted octanol–water partition coefficient (Wildman–Crippen LogP) is 4.15. The number of nitrogens with zero attached hydrogens (tertiary/aromatic N) is 3. The Morgan fingerprint density at radius 2 is 2.00 bits per heavy atom. The molecular weight excluding hydrogens is 304 g/mol. The Hall–Kier alpha value is -2.66. The van der Waals surface area contributed by atoms with E-state index in [4.69, 9.17) is 0 Å². The smallest absolute Gasteiger partial charge is 0.0961 e. The first-order chi connectivity index (χ1) is 11.4. The maximum Gasteiger partial charge on any atom is 0.0961 e. The van der Waals surface area contributed by atoms with E-state index in [1.54, 1.807) is 11.3 Å². The zero-order chi connectivity index (χ0) is 15.5. The molecule has 0 bridgehead atoms. The molecule has 4 aromatic rings. The Morgan fingerprint density at radius 3 is 2.91 bits per heavy atom. The van der Waals surface area contributed by atoms with Crippen LogP contribution >= 0.6 is 11.3 Å². The second kappa shape index (κ2) is 6.22. The molecule has 2 aromatic carbocycles. The lowest BCUT2D eigenvalue weighted by Crippen LogP contribution is -2.02. The number of fused-ring (bicyclic) bond motifs is 1. The summed E-state index contributed by atoms with van der Waals surface area (Å²) in [4.78, 5) is 8.74. The van der Waals surface area contributed by atoms with Gasteiger partial charge in [-0.3, -0.25) is 0 Å². The lowest BCUT2D eigenvalue weighted by molar-refractivity contribution is 0.824. The Kier molecular flexibility index (Phi) is 3.78. The summed E-state index contributed by atoms with van der Waals surface area (Å²) in [6, 6.07) is 16.7. The highest BCUT2D eigenvalue weighted by Gasteiger charge is 2.03. The van der Waals surface area contributed by atoms with Crippen LogP contribution in [0.4, 0.5) is 5.69 Å². The van der Waals surface area contributed by atoms with Gasteiger partial charge in [0.2, 0.25) is 0 Å². The number of para-hydroxylation sites is 2. The highest BCUT2D eigenvalue weighted by molar-refractivity contribution is 7.07. The van der Waals surface area contributed by atoms with E-state index in [9.17, 15) is 0 Å². The van der Waals surface area contributed by atoms with Crippen LogP contribution in [0.15, 0.2) is 65.7 Å². The molecule has 2 aromatic heterocycles. The third-order valence-electron chi connectivity index (χ3n) is 3.76. The molecule has 0 aliphatic rings. The molecule has 0 saturated carbocycles. The van der Waals surface area contributed by atoms with E-state index >= 15 is 0 Å². The van der Waals surface area contributed by atoms with Crippen molar-refractivity contribution in [3.05, 3.63) is 77.0 Å². The maximum atomic E-state index is 4.45. The molecule has 0 fully saturated rings. The number of rotatable bonds is 5. The highest BCUT2D eigenvalue weighted by Crippen LogP contribution is 2.17. The largest absolute Gasteiger partial charge is 0.379 e. The standard InChI is InChI=1S/C18H16N4S/c1-2-7-18-17(6-1)20-12-22(18)10-14-4-3-5-15(8-14)19-9-16-11-23-13-21-16/h1-8,11-13,19H,9-10H2. The summed E-state index contributed by atoms with van der Waals surface area (Å²) in [5, 5.41) is 5.49. The first-order valence-corrected chi connectivity index (χ1v) is 8.42. The first kappa shape index (κ1) is 14.0. The molecule has 5 heteroatoms. The van der Waals surface area contributed by atoms with Crippen molar-refractivity contribution in [2.24, 2.45) is 0 Å². The Labute approximate surface area is 138 Å². The van der Waals surface area contributed by atoms with E-state index in [1.807, 2.05) is 30.0 Å². The number of thiazole rings is 1. The van der Waals surface area contributed by atoms with Gasteiger partial charge in [0, 0.05) is 17.6 Å². The monoisotopic (exact) mass is 320 g/mol. The normalized spacial score (nSPS) is 11.0. The summed E-state index contributed by atoms with van der Waals surface area (Å²) < 4.78 is 2.18. The van der Waals surface area contributed by atoms with Crippen LogP contribution in [0.5, 0.6) is 0 Å². The second-order valence-electron chi connectivity index (χ2n) is 5.39. The zero-order valence-corrected chi connectivity index (χ0v) is 13.3. The van der Waals surface area contributed by atoms with Gasteiger partial charge in [-0.15, -0.1) is 11.3 Å². The first-order valence-electron chi connectivity index (χ1n) is 7.48. The van der Waals surface area contributed by atoms with E-state index in [-0.39, 0.29) is 0 Å². The number of anilines is 1. The van der Waals surface area contributed by atoms with E-state index < -0.39 is 0 Å². The predicted molar refractivity (Wildman–Crippen MR) is 94.7 cm³/mol. The van der Waals surface area contributed by atoms with Crippen molar-refractivity contribution in [2.75, 3.05) is 5.32 Å². The summed E-state index contributed by atoms with van der Waals surface area (Å²) in [5.74, 6) is 0. The third-order valence-corrected chi connectivity index (χ3v) is 4.40. The number of benzene rings is 2. The molecule has 0 radical (unpaired) electrons. The molecule has 1 N–H and O–H groups in total. The quantitative estimate of drug-likeness (QED) is 0.600. The van der Waals surface area contributed by atoms with Gasteiger partial charge in [0.15, 0.2) is 0 Å². The van der Waals surface area contributed by atoms with Crippen molar-refractivity contribution in [2.45, 2.75) is 13.1 Å². The van der Waals surface area contributed by atoms with Crippen LogP contribution in [0.3, 0.4) is 0 Å². The molecule has 4 rings (SSSR count). The van der Waals surface area contributed by atoms with Crippen molar-refractivity contribution < 1.29 is 0 Å². The number of imidazole rings is 1. The minimum absolute atomic E-state index is 0.751. The van der Waals surface area contributed by atoms with Crippen LogP contribution in [0.2, 0.25) is 0 Å². The molecule has 0 atom stereocenters. The molecule has 0 saturated heterocycles. The highest BCUT2D eigenvalue weighted by atomic mass is 32.1. The summed E-state index contributed by atoms with van der Waals surface area (Å²) in [6.45, 7) is 1.56. The molecule has 0 spiro atoms. The summed E-state index contributed by atoms with van der Waals surface area (Å²) >= 11 is 1.62. The molecule has 0 aliphatic heterocycles. The topological polar surface area (TPSA) is 42.7 Å². The van der Waals surface area contributed by atoms with Crippen LogP contribution < -0.4 is 5.32 Å².